The van der Waals surface area contributed by atoms with Crippen molar-refractivity contribution in [3.8, 4) is 11.4 Å². The molecule has 136 valence electrons. The maximum Gasteiger partial charge on any atom is 0.222 e. The van der Waals surface area contributed by atoms with Gasteiger partial charge < -0.3 is 10.1 Å². The average Bonchev–Trinajstić information content (AvgIpc) is 3.29. The van der Waals surface area contributed by atoms with Crippen molar-refractivity contribution >= 4 is 5.91 Å². The molecule has 0 aliphatic rings. The van der Waals surface area contributed by atoms with Gasteiger partial charge in [-0.15, -0.1) is 5.10 Å². The molecule has 3 rings (SSSR count). The van der Waals surface area contributed by atoms with Crippen molar-refractivity contribution in [2.45, 2.75) is 32.9 Å². The highest BCUT2D eigenvalue weighted by atomic mass is 16.5. The number of tetrazole rings is 1. The van der Waals surface area contributed by atoms with E-state index in [0.29, 0.717) is 18.8 Å². The Bertz CT molecular complexity index is 887. The average molecular weight is 355 g/mol. The standard InChI is InChI=1S/C17H21N7O2/c1-12(19-17(25)8-9-23-13(2)20-21-22-23)14-10-18-24(11-14)15-6-4-5-7-16(15)26-3/h4-7,10-12H,8-9H2,1-3H3,(H,19,25). The molecule has 0 saturated carbocycles. The number of rotatable bonds is 7. The van der Waals surface area contributed by atoms with E-state index in [1.165, 1.54) is 0 Å². The maximum absolute atomic E-state index is 12.2. The van der Waals surface area contributed by atoms with Gasteiger partial charge in [-0.1, -0.05) is 12.1 Å². The monoisotopic (exact) mass is 355 g/mol. The van der Waals surface area contributed by atoms with E-state index in [-0.39, 0.29) is 11.9 Å². The van der Waals surface area contributed by atoms with Crippen molar-refractivity contribution in [3.63, 3.8) is 0 Å². The van der Waals surface area contributed by atoms with Gasteiger partial charge in [0.1, 0.15) is 17.3 Å². The van der Waals surface area contributed by atoms with E-state index in [9.17, 15) is 4.79 Å². The Balaban J connectivity index is 1.62. The molecule has 0 radical (unpaired) electrons. The van der Waals surface area contributed by atoms with E-state index in [1.54, 1.807) is 29.6 Å². The van der Waals surface area contributed by atoms with Gasteiger partial charge >= 0.3 is 0 Å². The Hall–Kier alpha value is -3.23. The zero-order valence-electron chi connectivity index (χ0n) is 15.0. The smallest absolute Gasteiger partial charge is 0.222 e. The number of hydrogen-bond acceptors (Lipinski definition) is 6. The summed E-state index contributed by atoms with van der Waals surface area (Å²) in [4.78, 5) is 12.2. The SMILES string of the molecule is COc1ccccc1-n1cc(C(C)NC(=O)CCn2nnnc2C)cn1. The largest absolute Gasteiger partial charge is 0.494 e. The van der Waals surface area contributed by atoms with Gasteiger partial charge in [-0.25, -0.2) is 9.36 Å². The molecule has 0 saturated heterocycles. The molecule has 2 heterocycles. The molecule has 0 spiro atoms. The van der Waals surface area contributed by atoms with Gasteiger partial charge in [0.2, 0.25) is 5.91 Å². The number of hydrogen-bond donors (Lipinski definition) is 1. The van der Waals surface area contributed by atoms with Crippen LogP contribution in [-0.4, -0.2) is 43.0 Å². The minimum absolute atomic E-state index is 0.0718. The number of benzene rings is 1. The second kappa shape index (κ2) is 7.77. The summed E-state index contributed by atoms with van der Waals surface area (Å²) >= 11 is 0. The number of carbonyl (C=O) groups is 1. The quantitative estimate of drug-likeness (QED) is 0.688. The summed E-state index contributed by atoms with van der Waals surface area (Å²) in [6.45, 7) is 4.16. The Morgan fingerprint density at radius 2 is 2.15 bits per heavy atom. The third-order valence-corrected chi connectivity index (χ3v) is 4.07. The number of nitrogens with zero attached hydrogens (tertiary/aromatic N) is 6. The molecule has 1 N–H and O–H groups in total. The second-order valence-corrected chi connectivity index (χ2v) is 5.88. The van der Waals surface area contributed by atoms with Gasteiger partial charge in [-0.3, -0.25) is 4.79 Å². The molecule has 0 aliphatic heterocycles. The molecule has 0 fully saturated rings. The molecular formula is C17H21N7O2. The van der Waals surface area contributed by atoms with Crippen LogP contribution in [0, 0.1) is 6.92 Å². The Morgan fingerprint density at radius 3 is 2.88 bits per heavy atom. The Kier molecular flexibility index (Phi) is 5.26. The molecule has 2 aromatic heterocycles. The van der Waals surface area contributed by atoms with Gasteiger partial charge in [0.25, 0.3) is 0 Å². The van der Waals surface area contributed by atoms with Crippen molar-refractivity contribution in [1.82, 2.24) is 35.3 Å². The number of aromatic nitrogens is 6. The van der Waals surface area contributed by atoms with Crippen molar-refractivity contribution in [3.05, 3.63) is 48.0 Å². The molecule has 1 aromatic carbocycles. The molecule has 26 heavy (non-hydrogen) atoms. The summed E-state index contributed by atoms with van der Waals surface area (Å²) < 4.78 is 8.70. The van der Waals surface area contributed by atoms with Gasteiger partial charge in [-0.2, -0.15) is 5.10 Å². The Morgan fingerprint density at radius 1 is 1.35 bits per heavy atom. The molecule has 0 aliphatic carbocycles. The molecule has 9 nitrogen and oxygen atoms in total. The normalized spacial score (nSPS) is 12.0. The summed E-state index contributed by atoms with van der Waals surface area (Å²) in [5, 5.41) is 18.5. The number of amides is 1. The first kappa shape index (κ1) is 17.6. The minimum Gasteiger partial charge on any atom is -0.494 e. The lowest BCUT2D eigenvalue weighted by Crippen LogP contribution is -2.27. The van der Waals surface area contributed by atoms with Gasteiger partial charge in [0, 0.05) is 18.2 Å². The predicted molar refractivity (Wildman–Crippen MR) is 93.8 cm³/mol. The fourth-order valence-electron chi connectivity index (χ4n) is 2.57. The van der Waals surface area contributed by atoms with E-state index >= 15 is 0 Å². The van der Waals surface area contributed by atoms with Crippen molar-refractivity contribution in [1.29, 1.82) is 0 Å². The van der Waals surface area contributed by atoms with Crippen LogP contribution < -0.4 is 10.1 Å². The maximum atomic E-state index is 12.2. The van der Waals surface area contributed by atoms with Gasteiger partial charge in [0.05, 0.1) is 25.9 Å². The van der Waals surface area contributed by atoms with Crippen LogP contribution in [0.1, 0.15) is 30.8 Å². The topological polar surface area (TPSA) is 99.8 Å². The highest BCUT2D eigenvalue weighted by Gasteiger charge is 2.14. The van der Waals surface area contributed by atoms with E-state index in [2.05, 4.69) is 25.9 Å². The molecule has 3 aromatic rings. The zero-order valence-corrected chi connectivity index (χ0v) is 15.0. The first-order valence-corrected chi connectivity index (χ1v) is 8.28. The molecule has 0 bridgehead atoms. The highest BCUT2D eigenvalue weighted by molar-refractivity contribution is 5.76. The zero-order chi connectivity index (χ0) is 18.5. The number of para-hydroxylation sites is 2. The lowest BCUT2D eigenvalue weighted by atomic mass is 10.2. The number of aryl methyl sites for hydroxylation is 2. The predicted octanol–water partition coefficient (Wildman–Crippen LogP) is 1.44. The number of methoxy groups -OCH3 is 1. The summed E-state index contributed by atoms with van der Waals surface area (Å²) in [7, 11) is 1.62. The van der Waals surface area contributed by atoms with Crippen molar-refractivity contribution < 1.29 is 9.53 Å². The van der Waals surface area contributed by atoms with E-state index in [1.807, 2.05) is 37.4 Å². The summed E-state index contributed by atoms with van der Waals surface area (Å²) in [5.74, 6) is 1.34. The van der Waals surface area contributed by atoms with Crippen LogP contribution >= 0.6 is 0 Å². The summed E-state index contributed by atoms with van der Waals surface area (Å²) in [6.07, 6.45) is 3.92. The molecule has 9 heteroatoms. The summed E-state index contributed by atoms with van der Waals surface area (Å²) in [6, 6.07) is 7.46. The van der Waals surface area contributed by atoms with Gasteiger partial charge in [-0.05, 0) is 36.4 Å². The van der Waals surface area contributed by atoms with E-state index in [0.717, 1.165) is 17.0 Å². The van der Waals surface area contributed by atoms with Crippen LogP contribution in [0.3, 0.4) is 0 Å². The molecule has 1 atom stereocenters. The first-order valence-electron chi connectivity index (χ1n) is 8.28. The molecule has 1 unspecified atom stereocenters. The third kappa shape index (κ3) is 3.88. The van der Waals surface area contributed by atoms with Crippen LogP contribution in [0.25, 0.3) is 5.69 Å². The van der Waals surface area contributed by atoms with Crippen molar-refractivity contribution in [2.75, 3.05) is 7.11 Å². The minimum atomic E-state index is -0.166. The highest BCUT2D eigenvalue weighted by Crippen LogP contribution is 2.22. The van der Waals surface area contributed by atoms with Gasteiger partial charge in [0.15, 0.2) is 0 Å². The van der Waals surface area contributed by atoms with Crippen LogP contribution in [0.5, 0.6) is 5.75 Å². The number of nitrogens with one attached hydrogen (secondary N) is 1. The fourth-order valence-corrected chi connectivity index (χ4v) is 2.57. The lowest BCUT2D eigenvalue weighted by molar-refractivity contribution is -0.122. The second-order valence-electron chi connectivity index (χ2n) is 5.88. The van der Waals surface area contributed by atoms with Crippen LogP contribution in [0.15, 0.2) is 36.7 Å². The fraction of sp³-hybridized carbons (Fsp3) is 0.353. The number of carbonyl (C=O) groups excluding carboxylic acids is 1. The number of ether oxygens (including phenoxy) is 1. The Labute approximate surface area is 151 Å². The van der Waals surface area contributed by atoms with Crippen LogP contribution in [0.2, 0.25) is 0 Å². The third-order valence-electron chi connectivity index (χ3n) is 4.07. The van der Waals surface area contributed by atoms with Crippen LogP contribution in [0.4, 0.5) is 0 Å². The van der Waals surface area contributed by atoms with E-state index < -0.39 is 0 Å². The van der Waals surface area contributed by atoms with Crippen LogP contribution in [-0.2, 0) is 11.3 Å². The molecular weight excluding hydrogens is 334 g/mol. The van der Waals surface area contributed by atoms with Crippen molar-refractivity contribution in [2.24, 2.45) is 0 Å². The van der Waals surface area contributed by atoms with E-state index in [4.69, 9.17) is 4.74 Å². The summed E-state index contributed by atoms with van der Waals surface area (Å²) in [5.41, 5.74) is 1.75. The molecule has 1 amide bonds. The first-order chi connectivity index (χ1) is 12.6. The lowest BCUT2D eigenvalue weighted by Gasteiger charge is -2.12.